The van der Waals surface area contributed by atoms with Gasteiger partial charge in [0.2, 0.25) is 5.91 Å². The molecule has 108 valence electrons. The van der Waals surface area contributed by atoms with Crippen molar-refractivity contribution in [3.63, 3.8) is 0 Å². The Morgan fingerprint density at radius 3 is 2.65 bits per heavy atom. The molecule has 0 fully saturated rings. The molecule has 1 atom stereocenters. The van der Waals surface area contributed by atoms with E-state index in [2.05, 4.69) is 0 Å². The van der Waals surface area contributed by atoms with Gasteiger partial charge in [0, 0.05) is 11.7 Å². The molecular formula is C13H13F3N2O2. The van der Waals surface area contributed by atoms with Gasteiger partial charge in [-0.25, -0.2) is 0 Å². The number of halogens is 3. The number of amides is 2. The molecule has 2 rings (SSSR count). The van der Waals surface area contributed by atoms with Gasteiger partial charge in [0.25, 0.3) is 0 Å². The van der Waals surface area contributed by atoms with E-state index in [1.54, 1.807) is 17.4 Å². The molecule has 7 heteroatoms. The van der Waals surface area contributed by atoms with Crippen LogP contribution in [0.4, 0.5) is 18.9 Å². The lowest BCUT2D eigenvalue weighted by atomic mass is 10.1. The molecular weight excluding hydrogens is 273 g/mol. The smallest absolute Gasteiger partial charge is 0.339 e. The molecule has 1 aliphatic rings. The van der Waals surface area contributed by atoms with E-state index in [1.807, 2.05) is 19.1 Å². The number of carbonyl (C=O) groups is 2. The Kier molecular flexibility index (Phi) is 3.69. The fraction of sp³-hybridized carbons (Fsp3) is 0.385. The second-order valence-corrected chi connectivity index (χ2v) is 4.63. The first-order valence-corrected chi connectivity index (χ1v) is 6.05. The summed E-state index contributed by atoms with van der Waals surface area (Å²) in [6.07, 6.45) is -4.33. The Hall–Kier alpha value is -2.05. The van der Waals surface area contributed by atoms with Gasteiger partial charge in [0.1, 0.15) is 0 Å². The third kappa shape index (κ3) is 2.76. The fourth-order valence-electron chi connectivity index (χ4n) is 2.29. The highest BCUT2D eigenvalue weighted by Crippen LogP contribution is 2.31. The van der Waals surface area contributed by atoms with Gasteiger partial charge in [-0.2, -0.15) is 13.2 Å². The number of carbonyl (C=O) groups excluding carboxylic acids is 2. The van der Waals surface area contributed by atoms with Crippen molar-refractivity contribution < 1.29 is 22.8 Å². The number of benzene rings is 1. The molecule has 20 heavy (non-hydrogen) atoms. The highest BCUT2D eigenvalue weighted by molar-refractivity contribution is 5.99. The van der Waals surface area contributed by atoms with Crippen molar-refractivity contribution >= 4 is 17.5 Å². The van der Waals surface area contributed by atoms with Gasteiger partial charge in [-0.1, -0.05) is 18.2 Å². The average molecular weight is 286 g/mol. The van der Waals surface area contributed by atoms with Gasteiger partial charge >= 0.3 is 12.1 Å². The quantitative estimate of drug-likeness (QED) is 0.898. The number of alkyl halides is 3. The minimum absolute atomic E-state index is 0.136. The van der Waals surface area contributed by atoms with Gasteiger partial charge in [-0.05, 0) is 25.0 Å². The summed E-state index contributed by atoms with van der Waals surface area (Å²) in [7, 11) is 0. The van der Waals surface area contributed by atoms with Gasteiger partial charge in [0.15, 0.2) is 0 Å². The summed E-state index contributed by atoms with van der Waals surface area (Å²) in [6, 6.07) is 7.06. The first kappa shape index (κ1) is 14.4. The summed E-state index contributed by atoms with van der Waals surface area (Å²) in [5.41, 5.74) is 1.65. The van der Waals surface area contributed by atoms with Crippen molar-refractivity contribution in [1.82, 2.24) is 5.32 Å². The van der Waals surface area contributed by atoms with Crippen LogP contribution in [0.5, 0.6) is 0 Å². The van der Waals surface area contributed by atoms with Crippen LogP contribution >= 0.6 is 0 Å². The van der Waals surface area contributed by atoms with E-state index < -0.39 is 24.5 Å². The monoisotopic (exact) mass is 286 g/mol. The first-order chi connectivity index (χ1) is 9.30. The zero-order chi connectivity index (χ0) is 14.9. The number of hydrogen-bond acceptors (Lipinski definition) is 2. The predicted molar refractivity (Wildman–Crippen MR) is 66.2 cm³/mol. The van der Waals surface area contributed by atoms with Crippen molar-refractivity contribution in [2.45, 2.75) is 25.6 Å². The van der Waals surface area contributed by atoms with Crippen molar-refractivity contribution in [1.29, 1.82) is 0 Å². The summed E-state index contributed by atoms with van der Waals surface area (Å²) < 4.78 is 36.2. The molecule has 2 amide bonds. The summed E-state index contributed by atoms with van der Waals surface area (Å²) in [6.45, 7) is 1.14. The summed E-state index contributed by atoms with van der Waals surface area (Å²) in [5.74, 6) is -2.66. The highest BCUT2D eigenvalue weighted by atomic mass is 19.4. The minimum atomic E-state index is -4.98. The highest BCUT2D eigenvalue weighted by Gasteiger charge is 2.39. The third-order valence-corrected chi connectivity index (χ3v) is 3.13. The van der Waals surface area contributed by atoms with Crippen LogP contribution in [0.1, 0.15) is 12.5 Å². The zero-order valence-corrected chi connectivity index (χ0v) is 10.7. The van der Waals surface area contributed by atoms with Crippen molar-refractivity contribution in [3.8, 4) is 0 Å². The average Bonchev–Trinajstić information content (AvgIpc) is 2.70. The van der Waals surface area contributed by atoms with E-state index in [-0.39, 0.29) is 6.04 Å². The second kappa shape index (κ2) is 5.15. The maximum Gasteiger partial charge on any atom is 0.471 e. The van der Waals surface area contributed by atoms with Crippen LogP contribution in [0, 0.1) is 0 Å². The number of hydrogen-bond donors (Lipinski definition) is 1. The van der Waals surface area contributed by atoms with Crippen LogP contribution in [-0.2, 0) is 16.0 Å². The lowest BCUT2D eigenvalue weighted by molar-refractivity contribution is -0.173. The van der Waals surface area contributed by atoms with Gasteiger partial charge in [-0.15, -0.1) is 0 Å². The van der Waals surface area contributed by atoms with E-state index in [0.717, 1.165) is 5.56 Å². The maximum absolute atomic E-state index is 12.1. The zero-order valence-electron chi connectivity index (χ0n) is 10.7. The van der Waals surface area contributed by atoms with E-state index in [4.69, 9.17) is 0 Å². The molecule has 1 aliphatic heterocycles. The Labute approximate surface area is 113 Å². The van der Waals surface area contributed by atoms with Crippen molar-refractivity contribution in [2.24, 2.45) is 0 Å². The first-order valence-electron chi connectivity index (χ1n) is 6.05. The van der Waals surface area contributed by atoms with Crippen molar-refractivity contribution in [3.05, 3.63) is 29.8 Å². The molecule has 0 aliphatic carbocycles. The fourth-order valence-corrected chi connectivity index (χ4v) is 2.29. The molecule has 1 N–H and O–H groups in total. The minimum Gasteiger partial charge on any atom is -0.339 e. The number of para-hydroxylation sites is 1. The van der Waals surface area contributed by atoms with E-state index in [1.165, 1.54) is 4.90 Å². The molecule has 0 saturated carbocycles. The van der Waals surface area contributed by atoms with Gasteiger partial charge in [0.05, 0.1) is 6.54 Å². The van der Waals surface area contributed by atoms with Crippen LogP contribution in [0.2, 0.25) is 0 Å². The number of fused-ring (bicyclic) bond motifs is 1. The Morgan fingerprint density at radius 2 is 2.00 bits per heavy atom. The second-order valence-electron chi connectivity index (χ2n) is 4.63. The molecule has 4 nitrogen and oxygen atoms in total. The molecule has 0 bridgehead atoms. The molecule has 0 aromatic heterocycles. The summed E-state index contributed by atoms with van der Waals surface area (Å²) in [5, 5.41) is 1.60. The van der Waals surface area contributed by atoms with E-state index in [9.17, 15) is 22.8 Å². The van der Waals surface area contributed by atoms with E-state index in [0.29, 0.717) is 12.1 Å². The van der Waals surface area contributed by atoms with Crippen molar-refractivity contribution in [2.75, 3.05) is 11.4 Å². The molecule has 1 aromatic rings. The molecule has 0 radical (unpaired) electrons. The predicted octanol–water partition coefficient (Wildman–Crippen LogP) is 1.64. The summed E-state index contributed by atoms with van der Waals surface area (Å²) >= 11 is 0. The van der Waals surface area contributed by atoms with Gasteiger partial charge < -0.3 is 10.2 Å². The Bertz CT molecular complexity index is 543. The molecule has 0 spiro atoms. The van der Waals surface area contributed by atoms with Crippen LogP contribution in [0.25, 0.3) is 0 Å². The van der Waals surface area contributed by atoms with Crippen LogP contribution in [0.3, 0.4) is 0 Å². The number of nitrogens with one attached hydrogen (secondary N) is 1. The van der Waals surface area contributed by atoms with Gasteiger partial charge in [-0.3, -0.25) is 9.59 Å². The molecule has 1 heterocycles. The molecule has 0 saturated heterocycles. The normalized spacial score (nSPS) is 17.8. The Morgan fingerprint density at radius 1 is 1.35 bits per heavy atom. The number of rotatable bonds is 2. The standard InChI is InChI=1S/C13H13F3N2O2/c1-8-6-9-4-2-3-5-10(9)18(8)11(19)7-17-12(20)13(14,15)16/h2-5,8H,6-7H2,1H3,(H,17,20). The lowest BCUT2D eigenvalue weighted by Crippen LogP contribution is -2.46. The largest absolute Gasteiger partial charge is 0.471 e. The van der Waals surface area contributed by atoms with Crippen LogP contribution in [-0.4, -0.2) is 30.6 Å². The van der Waals surface area contributed by atoms with Crippen LogP contribution in [0.15, 0.2) is 24.3 Å². The summed E-state index contributed by atoms with van der Waals surface area (Å²) in [4.78, 5) is 24.1. The topological polar surface area (TPSA) is 49.4 Å². The maximum atomic E-state index is 12.1. The molecule has 1 aromatic carbocycles. The third-order valence-electron chi connectivity index (χ3n) is 3.13. The number of anilines is 1. The number of nitrogens with zero attached hydrogens (tertiary/aromatic N) is 1. The SMILES string of the molecule is CC1Cc2ccccc2N1C(=O)CNC(=O)C(F)(F)F. The van der Waals surface area contributed by atoms with E-state index >= 15 is 0 Å². The lowest BCUT2D eigenvalue weighted by Gasteiger charge is -2.23. The molecule has 1 unspecified atom stereocenters. The van der Waals surface area contributed by atoms with Crippen LogP contribution < -0.4 is 10.2 Å². The Balaban J connectivity index is 2.05.